The van der Waals surface area contributed by atoms with E-state index in [9.17, 15) is 0 Å². The standard InChI is InChI=1S/C14H24N2O/c1-14(2,3)12-7-6-11(10-13(12)15)17-9-8-16(4)5/h6-7,10H,8-9,15H2,1-5H3. The van der Waals surface area contributed by atoms with Gasteiger partial charge in [-0.05, 0) is 31.1 Å². The molecule has 0 amide bonds. The molecule has 96 valence electrons. The highest BCUT2D eigenvalue weighted by atomic mass is 16.5. The summed E-state index contributed by atoms with van der Waals surface area (Å²) in [5, 5.41) is 0. The number of rotatable bonds is 4. The highest BCUT2D eigenvalue weighted by Gasteiger charge is 2.16. The van der Waals surface area contributed by atoms with Crippen molar-refractivity contribution in [1.29, 1.82) is 0 Å². The van der Waals surface area contributed by atoms with Gasteiger partial charge in [-0.25, -0.2) is 0 Å². The maximum Gasteiger partial charge on any atom is 0.121 e. The molecule has 0 aliphatic heterocycles. The van der Waals surface area contributed by atoms with E-state index < -0.39 is 0 Å². The summed E-state index contributed by atoms with van der Waals surface area (Å²) in [6, 6.07) is 5.96. The Bertz CT molecular complexity index is 367. The van der Waals surface area contributed by atoms with Gasteiger partial charge in [0.1, 0.15) is 12.4 Å². The Morgan fingerprint density at radius 1 is 1.24 bits per heavy atom. The zero-order chi connectivity index (χ0) is 13.1. The second-order valence-corrected chi connectivity index (χ2v) is 5.65. The summed E-state index contributed by atoms with van der Waals surface area (Å²) in [6.07, 6.45) is 0. The molecule has 0 saturated heterocycles. The van der Waals surface area contributed by atoms with Crippen LogP contribution < -0.4 is 10.5 Å². The fourth-order valence-corrected chi connectivity index (χ4v) is 1.66. The summed E-state index contributed by atoms with van der Waals surface area (Å²) < 4.78 is 5.64. The van der Waals surface area contributed by atoms with Gasteiger partial charge >= 0.3 is 0 Å². The van der Waals surface area contributed by atoms with E-state index in [2.05, 4.69) is 31.7 Å². The van der Waals surface area contributed by atoms with E-state index in [-0.39, 0.29) is 5.41 Å². The number of hydrogen-bond donors (Lipinski definition) is 1. The molecule has 17 heavy (non-hydrogen) atoms. The summed E-state index contributed by atoms with van der Waals surface area (Å²) in [5.74, 6) is 0.845. The van der Waals surface area contributed by atoms with Gasteiger partial charge in [0.25, 0.3) is 0 Å². The number of nitrogen functional groups attached to an aromatic ring is 1. The van der Waals surface area contributed by atoms with Crippen LogP contribution in [0.3, 0.4) is 0 Å². The molecule has 0 atom stereocenters. The predicted molar refractivity (Wildman–Crippen MR) is 73.6 cm³/mol. The number of nitrogens with zero attached hydrogens (tertiary/aromatic N) is 1. The van der Waals surface area contributed by atoms with Crippen LogP contribution in [0.25, 0.3) is 0 Å². The molecule has 0 heterocycles. The van der Waals surface area contributed by atoms with Gasteiger partial charge in [-0.3, -0.25) is 0 Å². The number of hydrogen-bond acceptors (Lipinski definition) is 3. The van der Waals surface area contributed by atoms with E-state index in [1.54, 1.807) is 0 Å². The van der Waals surface area contributed by atoms with Crippen LogP contribution in [0, 0.1) is 0 Å². The van der Waals surface area contributed by atoms with Crippen molar-refractivity contribution in [3.63, 3.8) is 0 Å². The quantitative estimate of drug-likeness (QED) is 0.816. The molecule has 2 N–H and O–H groups in total. The Morgan fingerprint density at radius 3 is 2.35 bits per heavy atom. The lowest BCUT2D eigenvalue weighted by molar-refractivity contribution is 0.261. The maximum absolute atomic E-state index is 6.05. The zero-order valence-corrected chi connectivity index (χ0v) is 11.6. The molecule has 3 nitrogen and oxygen atoms in total. The van der Waals surface area contributed by atoms with Gasteiger partial charge in [0.05, 0.1) is 0 Å². The molecule has 0 aliphatic rings. The summed E-state index contributed by atoms with van der Waals surface area (Å²) in [5.41, 5.74) is 8.09. The lowest BCUT2D eigenvalue weighted by Crippen LogP contribution is -2.19. The molecular weight excluding hydrogens is 212 g/mol. The van der Waals surface area contributed by atoms with Crippen LogP contribution in [-0.4, -0.2) is 32.1 Å². The summed E-state index contributed by atoms with van der Waals surface area (Å²) in [6.45, 7) is 8.06. The molecular formula is C14H24N2O. The molecule has 0 unspecified atom stereocenters. The average molecular weight is 236 g/mol. The largest absolute Gasteiger partial charge is 0.492 e. The van der Waals surface area contributed by atoms with Gasteiger partial charge in [-0.15, -0.1) is 0 Å². The van der Waals surface area contributed by atoms with Crippen LogP contribution in [0.15, 0.2) is 18.2 Å². The third-order valence-electron chi connectivity index (χ3n) is 2.64. The van der Waals surface area contributed by atoms with Crippen molar-refractivity contribution < 1.29 is 4.74 Å². The third kappa shape index (κ3) is 4.27. The fourth-order valence-electron chi connectivity index (χ4n) is 1.66. The number of benzene rings is 1. The van der Waals surface area contributed by atoms with Crippen LogP contribution in [0.2, 0.25) is 0 Å². The van der Waals surface area contributed by atoms with Gasteiger partial charge in [-0.1, -0.05) is 26.8 Å². The monoisotopic (exact) mass is 236 g/mol. The van der Waals surface area contributed by atoms with Gasteiger partial charge in [0.2, 0.25) is 0 Å². The average Bonchev–Trinajstić information content (AvgIpc) is 2.14. The lowest BCUT2D eigenvalue weighted by atomic mass is 9.86. The Morgan fingerprint density at radius 2 is 1.88 bits per heavy atom. The minimum atomic E-state index is 0.0756. The topological polar surface area (TPSA) is 38.5 Å². The Kier molecular flexibility index (Phi) is 4.40. The van der Waals surface area contributed by atoms with Crippen LogP contribution in [0.4, 0.5) is 5.69 Å². The number of ether oxygens (including phenoxy) is 1. The van der Waals surface area contributed by atoms with Crippen molar-refractivity contribution in [3.8, 4) is 5.75 Å². The second-order valence-electron chi connectivity index (χ2n) is 5.65. The summed E-state index contributed by atoms with van der Waals surface area (Å²) >= 11 is 0. The second kappa shape index (κ2) is 5.41. The van der Waals surface area contributed by atoms with Crippen molar-refractivity contribution in [3.05, 3.63) is 23.8 Å². The molecule has 0 saturated carbocycles. The minimum Gasteiger partial charge on any atom is -0.492 e. The van der Waals surface area contributed by atoms with Crippen molar-refractivity contribution in [1.82, 2.24) is 4.90 Å². The van der Waals surface area contributed by atoms with Crippen LogP contribution in [0.1, 0.15) is 26.3 Å². The first-order chi connectivity index (χ1) is 7.80. The number of anilines is 1. The minimum absolute atomic E-state index is 0.0756. The van der Waals surface area contributed by atoms with E-state index in [1.807, 2.05) is 26.2 Å². The highest BCUT2D eigenvalue weighted by Crippen LogP contribution is 2.30. The van der Waals surface area contributed by atoms with E-state index in [1.165, 1.54) is 0 Å². The summed E-state index contributed by atoms with van der Waals surface area (Å²) in [4.78, 5) is 2.09. The van der Waals surface area contributed by atoms with E-state index >= 15 is 0 Å². The molecule has 0 radical (unpaired) electrons. The number of nitrogens with two attached hydrogens (primary N) is 1. The molecule has 0 bridgehead atoms. The predicted octanol–water partition coefficient (Wildman–Crippen LogP) is 2.51. The number of likely N-dealkylation sites (N-methyl/N-ethyl adjacent to an activating group) is 1. The smallest absolute Gasteiger partial charge is 0.121 e. The van der Waals surface area contributed by atoms with E-state index in [0.29, 0.717) is 6.61 Å². The Balaban J connectivity index is 2.69. The fraction of sp³-hybridized carbons (Fsp3) is 0.571. The maximum atomic E-state index is 6.05. The van der Waals surface area contributed by atoms with Gasteiger partial charge in [0, 0.05) is 18.3 Å². The van der Waals surface area contributed by atoms with Gasteiger partial charge in [-0.2, -0.15) is 0 Å². The molecule has 0 spiro atoms. The van der Waals surface area contributed by atoms with Crippen molar-refractivity contribution in [2.45, 2.75) is 26.2 Å². The molecule has 0 aromatic heterocycles. The third-order valence-corrected chi connectivity index (χ3v) is 2.64. The Hall–Kier alpha value is -1.22. The molecule has 3 heteroatoms. The van der Waals surface area contributed by atoms with Gasteiger partial charge < -0.3 is 15.4 Å². The molecule has 0 aliphatic carbocycles. The SMILES string of the molecule is CN(C)CCOc1ccc(C(C)(C)C)c(N)c1. The molecule has 1 aromatic rings. The molecule has 1 rings (SSSR count). The van der Waals surface area contributed by atoms with Crippen molar-refractivity contribution in [2.75, 3.05) is 33.0 Å². The van der Waals surface area contributed by atoms with E-state index in [4.69, 9.17) is 10.5 Å². The lowest BCUT2D eigenvalue weighted by Gasteiger charge is -2.21. The van der Waals surface area contributed by atoms with Crippen molar-refractivity contribution in [2.24, 2.45) is 0 Å². The van der Waals surface area contributed by atoms with E-state index in [0.717, 1.165) is 23.5 Å². The van der Waals surface area contributed by atoms with Crippen LogP contribution >= 0.6 is 0 Å². The molecule has 1 aromatic carbocycles. The van der Waals surface area contributed by atoms with Gasteiger partial charge in [0.15, 0.2) is 0 Å². The van der Waals surface area contributed by atoms with Crippen molar-refractivity contribution >= 4 is 5.69 Å². The highest BCUT2D eigenvalue weighted by molar-refractivity contribution is 5.54. The normalized spacial score (nSPS) is 11.9. The zero-order valence-electron chi connectivity index (χ0n) is 11.6. The first-order valence-corrected chi connectivity index (χ1v) is 5.98. The first kappa shape index (κ1) is 13.8. The molecule has 0 fully saturated rings. The Labute approximate surface area is 105 Å². The first-order valence-electron chi connectivity index (χ1n) is 5.98. The van der Waals surface area contributed by atoms with Crippen LogP contribution in [-0.2, 0) is 5.41 Å². The van der Waals surface area contributed by atoms with Crippen LogP contribution in [0.5, 0.6) is 5.75 Å². The summed E-state index contributed by atoms with van der Waals surface area (Å²) in [7, 11) is 4.06.